The number of amides is 2. The Morgan fingerprint density at radius 3 is 2.65 bits per heavy atom. The van der Waals surface area contributed by atoms with Gasteiger partial charge in [-0.15, -0.1) is 0 Å². The van der Waals surface area contributed by atoms with E-state index in [0.29, 0.717) is 18.7 Å². The quantitative estimate of drug-likeness (QED) is 0.734. The molecule has 7 heteroatoms. The highest BCUT2D eigenvalue weighted by molar-refractivity contribution is 5.89. The minimum Gasteiger partial charge on any atom is -0.343 e. The van der Waals surface area contributed by atoms with Crippen LogP contribution in [0.2, 0.25) is 0 Å². The Bertz CT molecular complexity index is 646. The van der Waals surface area contributed by atoms with Crippen LogP contribution in [-0.2, 0) is 22.3 Å². The van der Waals surface area contributed by atoms with Crippen molar-refractivity contribution in [3.05, 3.63) is 35.4 Å². The van der Waals surface area contributed by atoms with Crippen molar-refractivity contribution in [2.75, 3.05) is 19.6 Å². The molecule has 0 aromatic heterocycles. The van der Waals surface area contributed by atoms with Crippen molar-refractivity contribution in [2.24, 2.45) is 5.92 Å². The molecule has 0 aliphatic carbocycles. The van der Waals surface area contributed by atoms with Crippen molar-refractivity contribution in [1.29, 1.82) is 0 Å². The molecule has 0 bridgehead atoms. The lowest BCUT2D eigenvalue weighted by atomic mass is 10.1. The number of halogens is 3. The molecule has 26 heavy (non-hydrogen) atoms. The smallest absolute Gasteiger partial charge is 0.343 e. The van der Waals surface area contributed by atoms with E-state index >= 15 is 0 Å². The van der Waals surface area contributed by atoms with Gasteiger partial charge in [0.2, 0.25) is 11.8 Å². The summed E-state index contributed by atoms with van der Waals surface area (Å²) in [6.07, 6.45) is -2.39. The van der Waals surface area contributed by atoms with Gasteiger partial charge < -0.3 is 9.80 Å². The maximum atomic E-state index is 12.8. The van der Waals surface area contributed by atoms with Crippen LogP contribution < -0.4 is 0 Å². The molecule has 1 aliphatic rings. The van der Waals surface area contributed by atoms with Crippen molar-refractivity contribution >= 4 is 11.8 Å². The van der Waals surface area contributed by atoms with Crippen LogP contribution in [0.15, 0.2) is 24.3 Å². The third-order valence-corrected chi connectivity index (χ3v) is 4.67. The summed E-state index contributed by atoms with van der Waals surface area (Å²) in [4.78, 5) is 28.1. The molecule has 0 radical (unpaired) electrons. The SMILES string of the molecule is CCCCN(CC)C(=O)C1CC(=O)N(Cc2cccc(C(F)(F)F)c2)C1. The molecule has 0 spiro atoms. The average Bonchev–Trinajstić information content (AvgIpc) is 2.95. The summed E-state index contributed by atoms with van der Waals surface area (Å²) in [6, 6.07) is 4.97. The Hall–Kier alpha value is -2.05. The van der Waals surface area contributed by atoms with E-state index < -0.39 is 17.7 Å². The van der Waals surface area contributed by atoms with Gasteiger partial charge in [-0.2, -0.15) is 13.2 Å². The van der Waals surface area contributed by atoms with E-state index in [4.69, 9.17) is 0 Å². The normalized spacial score (nSPS) is 17.7. The third kappa shape index (κ3) is 4.99. The van der Waals surface area contributed by atoms with Gasteiger partial charge in [0.15, 0.2) is 0 Å². The van der Waals surface area contributed by atoms with Crippen LogP contribution in [0.3, 0.4) is 0 Å². The molecule has 1 aromatic carbocycles. The number of likely N-dealkylation sites (tertiary alicyclic amines) is 1. The zero-order valence-electron chi connectivity index (χ0n) is 15.2. The summed E-state index contributed by atoms with van der Waals surface area (Å²) in [6.45, 7) is 5.57. The first-order valence-electron chi connectivity index (χ1n) is 8.99. The van der Waals surface area contributed by atoms with Crippen LogP contribution in [-0.4, -0.2) is 41.2 Å². The second-order valence-electron chi connectivity index (χ2n) is 6.64. The highest BCUT2D eigenvalue weighted by Gasteiger charge is 2.36. The van der Waals surface area contributed by atoms with Crippen molar-refractivity contribution in [1.82, 2.24) is 9.80 Å². The molecule has 0 N–H and O–H groups in total. The molecule has 0 saturated carbocycles. The number of nitrogens with zero attached hydrogens (tertiary/aromatic N) is 2. The molecule has 144 valence electrons. The van der Waals surface area contributed by atoms with E-state index in [9.17, 15) is 22.8 Å². The predicted octanol–water partition coefficient (Wildman–Crippen LogP) is 3.70. The van der Waals surface area contributed by atoms with E-state index in [0.717, 1.165) is 25.0 Å². The fraction of sp³-hybridized carbons (Fsp3) is 0.579. The lowest BCUT2D eigenvalue weighted by Gasteiger charge is -2.24. The molecule has 4 nitrogen and oxygen atoms in total. The highest BCUT2D eigenvalue weighted by Crippen LogP contribution is 2.30. The summed E-state index contributed by atoms with van der Waals surface area (Å²) in [5, 5.41) is 0. The number of unbranched alkanes of at least 4 members (excludes halogenated alkanes) is 1. The van der Waals surface area contributed by atoms with Crippen molar-refractivity contribution in [3.8, 4) is 0 Å². The fourth-order valence-electron chi connectivity index (χ4n) is 3.19. The average molecular weight is 370 g/mol. The number of hydrogen-bond donors (Lipinski definition) is 0. The van der Waals surface area contributed by atoms with E-state index in [1.807, 2.05) is 13.8 Å². The Balaban J connectivity index is 2.03. The Labute approximate surface area is 152 Å². The van der Waals surface area contributed by atoms with Gasteiger partial charge in [-0.05, 0) is 31.0 Å². The molecule has 1 fully saturated rings. The van der Waals surface area contributed by atoms with Crippen molar-refractivity contribution in [3.63, 3.8) is 0 Å². The van der Waals surface area contributed by atoms with E-state index in [1.165, 1.54) is 11.0 Å². The summed E-state index contributed by atoms with van der Waals surface area (Å²) in [5.41, 5.74) is -0.314. The van der Waals surface area contributed by atoms with E-state index in [1.54, 1.807) is 11.0 Å². The van der Waals surface area contributed by atoms with Gasteiger partial charge in [-0.3, -0.25) is 9.59 Å². The second-order valence-corrected chi connectivity index (χ2v) is 6.64. The zero-order valence-corrected chi connectivity index (χ0v) is 15.2. The van der Waals surface area contributed by atoms with Crippen LogP contribution in [0.4, 0.5) is 13.2 Å². The van der Waals surface area contributed by atoms with Crippen molar-refractivity contribution < 1.29 is 22.8 Å². The molecular formula is C19H25F3N2O2. The minimum atomic E-state index is -4.41. The minimum absolute atomic E-state index is 0.0409. The molecule has 2 amide bonds. The first kappa shape index (κ1) is 20.3. The largest absolute Gasteiger partial charge is 0.416 e. The number of rotatable bonds is 7. The molecule has 1 saturated heterocycles. The first-order valence-corrected chi connectivity index (χ1v) is 8.99. The summed E-state index contributed by atoms with van der Waals surface area (Å²) >= 11 is 0. The predicted molar refractivity (Wildman–Crippen MR) is 92.1 cm³/mol. The summed E-state index contributed by atoms with van der Waals surface area (Å²) < 4.78 is 38.5. The maximum Gasteiger partial charge on any atom is 0.416 e. The van der Waals surface area contributed by atoms with E-state index in [2.05, 4.69) is 0 Å². The third-order valence-electron chi connectivity index (χ3n) is 4.67. The zero-order chi connectivity index (χ0) is 19.3. The molecule has 1 heterocycles. The van der Waals surface area contributed by atoms with Crippen LogP contribution in [0.5, 0.6) is 0 Å². The molecule has 2 rings (SSSR count). The second kappa shape index (κ2) is 8.56. The van der Waals surface area contributed by atoms with Gasteiger partial charge in [0, 0.05) is 32.6 Å². The first-order chi connectivity index (χ1) is 12.3. The van der Waals surface area contributed by atoms with Gasteiger partial charge in [-0.1, -0.05) is 25.5 Å². The Morgan fingerprint density at radius 2 is 2.04 bits per heavy atom. The molecule has 1 unspecified atom stereocenters. The van der Waals surface area contributed by atoms with Crippen molar-refractivity contribution in [2.45, 2.75) is 45.8 Å². The van der Waals surface area contributed by atoms with Crippen LogP contribution in [0.25, 0.3) is 0 Å². The maximum absolute atomic E-state index is 12.8. The van der Waals surface area contributed by atoms with Crippen LogP contribution in [0.1, 0.15) is 44.2 Å². The van der Waals surface area contributed by atoms with Gasteiger partial charge in [0.05, 0.1) is 11.5 Å². The number of benzene rings is 1. The van der Waals surface area contributed by atoms with Crippen LogP contribution >= 0.6 is 0 Å². The standard InChI is InChI=1S/C19H25F3N2O2/c1-3-5-9-23(4-2)18(26)15-11-17(25)24(13-15)12-14-7-6-8-16(10-14)19(20,21)22/h6-8,10,15H,3-5,9,11-13H2,1-2H3. The molecule has 1 aliphatic heterocycles. The molecule has 1 atom stereocenters. The van der Waals surface area contributed by atoms with Gasteiger partial charge in [-0.25, -0.2) is 0 Å². The van der Waals surface area contributed by atoms with Gasteiger partial charge >= 0.3 is 6.18 Å². The summed E-state index contributed by atoms with van der Waals surface area (Å²) in [7, 11) is 0. The highest BCUT2D eigenvalue weighted by atomic mass is 19.4. The number of carbonyl (C=O) groups is 2. The number of alkyl halides is 3. The monoisotopic (exact) mass is 370 g/mol. The van der Waals surface area contributed by atoms with Gasteiger partial charge in [0.1, 0.15) is 0 Å². The van der Waals surface area contributed by atoms with Gasteiger partial charge in [0.25, 0.3) is 0 Å². The fourth-order valence-corrected chi connectivity index (χ4v) is 3.19. The van der Waals surface area contributed by atoms with Crippen LogP contribution in [0, 0.1) is 5.92 Å². The summed E-state index contributed by atoms with van der Waals surface area (Å²) in [5.74, 6) is -0.641. The molecular weight excluding hydrogens is 345 g/mol. The Morgan fingerprint density at radius 1 is 1.31 bits per heavy atom. The lowest BCUT2D eigenvalue weighted by molar-refractivity contribution is -0.137. The topological polar surface area (TPSA) is 40.6 Å². The number of hydrogen-bond acceptors (Lipinski definition) is 2. The Kier molecular flexibility index (Phi) is 6.67. The van der Waals surface area contributed by atoms with E-state index in [-0.39, 0.29) is 31.3 Å². The lowest BCUT2D eigenvalue weighted by Crippen LogP contribution is -2.37. The number of carbonyl (C=O) groups excluding carboxylic acids is 2. The molecule has 1 aromatic rings.